The number of hydrogen-bond acceptors (Lipinski definition) is 3. The highest BCUT2D eigenvalue weighted by atomic mass is 35.5. The average Bonchev–Trinajstić information content (AvgIpc) is 2.94. The van der Waals surface area contributed by atoms with Crippen molar-refractivity contribution in [1.29, 1.82) is 0 Å². The fraction of sp³-hybridized carbons (Fsp3) is 0.0556. The normalized spacial score (nSPS) is 15.1. The first-order valence-electron chi connectivity index (χ1n) is 6.96. The molecule has 0 saturated heterocycles. The third-order valence-electron chi connectivity index (χ3n) is 3.47. The van der Waals surface area contributed by atoms with Crippen molar-refractivity contribution in [2.24, 2.45) is 0 Å². The molecule has 0 unspecified atom stereocenters. The third kappa shape index (κ3) is 3.42. The molecule has 5 heteroatoms. The van der Waals surface area contributed by atoms with Gasteiger partial charge in [-0.3, -0.25) is 0 Å². The van der Waals surface area contributed by atoms with Crippen molar-refractivity contribution in [1.82, 2.24) is 0 Å². The van der Waals surface area contributed by atoms with Gasteiger partial charge in [0.15, 0.2) is 5.05 Å². The lowest BCUT2D eigenvalue weighted by Gasteiger charge is -2.14. The van der Waals surface area contributed by atoms with Gasteiger partial charge < -0.3 is 10.1 Å². The third-order valence-corrected chi connectivity index (χ3v) is 4.61. The Bertz CT molecular complexity index is 843. The van der Waals surface area contributed by atoms with E-state index in [9.17, 15) is 0 Å². The van der Waals surface area contributed by atoms with Crippen molar-refractivity contribution in [2.45, 2.75) is 6.92 Å². The SMILES string of the molecule is Cc1ccc(Cl)c(Nc2ccccc2C=C2C=COC2=S)c1Cl. The van der Waals surface area contributed by atoms with Crippen molar-refractivity contribution in [3.05, 3.63) is 75.5 Å². The van der Waals surface area contributed by atoms with Crippen LogP contribution in [-0.2, 0) is 4.74 Å². The number of rotatable bonds is 3. The minimum atomic E-state index is 0.464. The Morgan fingerprint density at radius 1 is 1.13 bits per heavy atom. The molecule has 1 N–H and O–H groups in total. The number of benzene rings is 2. The molecule has 0 radical (unpaired) electrons. The highest BCUT2D eigenvalue weighted by Gasteiger charge is 2.12. The minimum Gasteiger partial charge on any atom is -0.453 e. The van der Waals surface area contributed by atoms with E-state index in [1.54, 1.807) is 6.26 Å². The van der Waals surface area contributed by atoms with E-state index in [2.05, 4.69) is 5.32 Å². The van der Waals surface area contributed by atoms with Crippen LogP contribution in [0.5, 0.6) is 0 Å². The molecule has 0 aromatic heterocycles. The van der Waals surface area contributed by atoms with E-state index in [1.165, 1.54) is 0 Å². The van der Waals surface area contributed by atoms with Crippen molar-refractivity contribution in [3.8, 4) is 0 Å². The summed E-state index contributed by atoms with van der Waals surface area (Å²) in [6.45, 7) is 1.94. The van der Waals surface area contributed by atoms with Gasteiger partial charge in [0, 0.05) is 11.3 Å². The van der Waals surface area contributed by atoms with Gasteiger partial charge in [0.25, 0.3) is 0 Å². The highest BCUT2D eigenvalue weighted by molar-refractivity contribution is 7.80. The summed E-state index contributed by atoms with van der Waals surface area (Å²) in [5, 5.41) is 4.97. The molecular weight excluding hydrogens is 349 g/mol. The first-order chi connectivity index (χ1) is 11.1. The second kappa shape index (κ2) is 6.75. The molecule has 0 bridgehead atoms. The number of aryl methyl sites for hydroxylation is 1. The number of ether oxygens (including phenoxy) is 1. The van der Waals surface area contributed by atoms with Gasteiger partial charge >= 0.3 is 0 Å². The zero-order valence-electron chi connectivity index (χ0n) is 12.3. The average molecular weight is 362 g/mol. The summed E-state index contributed by atoms with van der Waals surface area (Å²) in [6.07, 6.45) is 5.38. The molecule has 23 heavy (non-hydrogen) atoms. The van der Waals surface area contributed by atoms with Crippen LogP contribution in [0.1, 0.15) is 11.1 Å². The molecule has 0 spiro atoms. The molecule has 1 aliphatic heterocycles. The van der Waals surface area contributed by atoms with Crippen LogP contribution in [0, 0.1) is 6.92 Å². The Balaban J connectivity index is 2.01. The lowest BCUT2D eigenvalue weighted by Crippen LogP contribution is -1.97. The quantitative estimate of drug-likeness (QED) is 0.511. The Morgan fingerprint density at radius 2 is 1.91 bits per heavy atom. The largest absolute Gasteiger partial charge is 0.453 e. The summed E-state index contributed by atoms with van der Waals surface area (Å²) < 4.78 is 5.17. The maximum atomic E-state index is 6.38. The van der Waals surface area contributed by atoms with Crippen molar-refractivity contribution in [3.63, 3.8) is 0 Å². The lowest BCUT2D eigenvalue weighted by atomic mass is 10.1. The first-order valence-corrected chi connectivity index (χ1v) is 8.12. The number of halogens is 2. The van der Waals surface area contributed by atoms with Crippen LogP contribution in [0.4, 0.5) is 11.4 Å². The summed E-state index contributed by atoms with van der Waals surface area (Å²) in [4.78, 5) is 0. The topological polar surface area (TPSA) is 21.3 Å². The summed E-state index contributed by atoms with van der Waals surface area (Å²) in [6, 6.07) is 11.6. The van der Waals surface area contributed by atoms with Crippen LogP contribution in [0.25, 0.3) is 6.08 Å². The molecule has 1 heterocycles. The maximum absolute atomic E-state index is 6.38. The van der Waals surface area contributed by atoms with E-state index < -0.39 is 0 Å². The zero-order valence-corrected chi connectivity index (χ0v) is 14.6. The van der Waals surface area contributed by atoms with Gasteiger partial charge in [0.1, 0.15) is 0 Å². The van der Waals surface area contributed by atoms with Crippen molar-refractivity contribution < 1.29 is 4.74 Å². The van der Waals surface area contributed by atoms with Gasteiger partial charge in [-0.05, 0) is 54.6 Å². The van der Waals surface area contributed by atoms with Crippen LogP contribution in [0.3, 0.4) is 0 Å². The predicted molar refractivity (Wildman–Crippen MR) is 102 cm³/mol. The molecule has 0 fully saturated rings. The Labute approximate surface area is 150 Å². The molecule has 2 nitrogen and oxygen atoms in total. The minimum absolute atomic E-state index is 0.464. The van der Waals surface area contributed by atoms with E-state index in [0.717, 1.165) is 22.4 Å². The molecule has 2 aromatic rings. The van der Waals surface area contributed by atoms with Crippen LogP contribution >= 0.6 is 35.4 Å². The number of nitrogens with one attached hydrogen (secondary N) is 1. The molecule has 116 valence electrons. The number of anilines is 2. The Hall–Kier alpha value is -1.81. The lowest BCUT2D eigenvalue weighted by molar-refractivity contribution is 0.500. The zero-order chi connectivity index (χ0) is 16.4. The second-order valence-corrected chi connectivity index (χ2v) is 6.23. The smallest absolute Gasteiger partial charge is 0.197 e. The molecular formula is C18H13Cl2NOS. The van der Waals surface area contributed by atoms with E-state index >= 15 is 0 Å². The van der Waals surface area contributed by atoms with E-state index in [0.29, 0.717) is 20.8 Å². The molecule has 0 saturated carbocycles. The summed E-state index contributed by atoms with van der Waals surface area (Å²) in [7, 11) is 0. The van der Waals surface area contributed by atoms with Gasteiger partial charge in [-0.2, -0.15) is 0 Å². The first kappa shape index (κ1) is 16.1. The van der Waals surface area contributed by atoms with Crippen LogP contribution in [0.15, 0.2) is 54.3 Å². The molecule has 2 aromatic carbocycles. The van der Waals surface area contributed by atoms with Gasteiger partial charge in [-0.25, -0.2) is 0 Å². The summed E-state index contributed by atoms with van der Waals surface area (Å²) >= 11 is 17.8. The summed E-state index contributed by atoms with van der Waals surface area (Å²) in [5.74, 6) is 0. The number of hydrogen-bond donors (Lipinski definition) is 1. The fourth-order valence-corrected chi connectivity index (χ4v) is 2.87. The number of para-hydroxylation sites is 1. The monoisotopic (exact) mass is 361 g/mol. The van der Waals surface area contributed by atoms with E-state index in [-0.39, 0.29) is 0 Å². The maximum Gasteiger partial charge on any atom is 0.197 e. The van der Waals surface area contributed by atoms with Crippen LogP contribution < -0.4 is 5.32 Å². The molecule has 0 aliphatic carbocycles. The molecule has 0 amide bonds. The molecule has 3 rings (SSSR count). The van der Waals surface area contributed by atoms with Gasteiger partial charge in [0.05, 0.1) is 22.0 Å². The second-order valence-electron chi connectivity index (χ2n) is 5.07. The fourth-order valence-electron chi connectivity index (χ4n) is 2.22. The van der Waals surface area contributed by atoms with Crippen LogP contribution in [-0.4, -0.2) is 5.05 Å². The van der Waals surface area contributed by atoms with E-state index in [4.69, 9.17) is 40.2 Å². The van der Waals surface area contributed by atoms with Crippen LogP contribution in [0.2, 0.25) is 10.0 Å². The standard InChI is InChI=1S/C18H13Cl2NOS/c1-11-6-7-14(19)17(16(11)20)21-15-5-3-2-4-12(15)10-13-8-9-22-18(13)23/h2-10,21H,1H3. The van der Waals surface area contributed by atoms with Gasteiger partial charge in [-0.1, -0.05) is 47.5 Å². The Kier molecular flexibility index (Phi) is 4.71. The number of thiocarbonyl (C=S) groups is 1. The molecule has 1 aliphatic rings. The highest BCUT2D eigenvalue weighted by Crippen LogP contribution is 2.36. The Morgan fingerprint density at radius 3 is 2.65 bits per heavy atom. The van der Waals surface area contributed by atoms with E-state index in [1.807, 2.05) is 55.5 Å². The van der Waals surface area contributed by atoms with Crippen molar-refractivity contribution >= 4 is 57.9 Å². The van der Waals surface area contributed by atoms with Crippen molar-refractivity contribution in [2.75, 3.05) is 5.32 Å². The van der Waals surface area contributed by atoms with Gasteiger partial charge in [-0.15, -0.1) is 0 Å². The van der Waals surface area contributed by atoms with Gasteiger partial charge in [0.2, 0.25) is 0 Å². The predicted octanol–water partition coefficient (Wildman–Crippen LogP) is 6.30. The summed E-state index contributed by atoms with van der Waals surface area (Å²) in [5.41, 5.74) is 4.37. The molecule has 0 atom stereocenters.